The van der Waals surface area contributed by atoms with Gasteiger partial charge in [0.05, 0.1) is 26.9 Å². The van der Waals surface area contributed by atoms with E-state index < -0.39 is 17.7 Å². The normalized spacial score (nSPS) is 30.3. The SMILES string of the molecule is Cc1cccc(NC(=O)CN2C(=O)C3C4CC(C3C2=O)C2C4Sc3[nH]c(=O)sc3[C@@H]2c2cccc(Cl)c2Cl)c1. The van der Waals surface area contributed by atoms with Crippen molar-refractivity contribution in [1.29, 1.82) is 0 Å². The summed E-state index contributed by atoms with van der Waals surface area (Å²) in [6.07, 6.45) is 0.756. The fourth-order valence-corrected chi connectivity index (χ4v) is 10.7. The number of hydrogen-bond donors (Lipinski definition) is 2. The van der Waals surface area contributed by atoms with Crippen LogP contribution in [-0.2, 0) is 14.4 Å². The van der Waals surface area contributed by atoms with Gasteiger partial charge in [-0.25, -0.2) is 0 Å². The number of H-pyrrole nitrogens is 1. The van der Waals surface area contributed by atoms with Gasteiger partial charge in [0.1, 0.15) is 6.54 Å². The van der Waals surface area contributed by atoms with Gasteiger partial charge in [-0.05, 0) is 60.4 Å². The van der Waals surface area contributed by atoms with Crippen molar-refractivity contribution in [2.75, 3.05) is 11.9 Å². The van der Waals surface area contributed by atoms with Gasteiger partial charge in [0.2, 0.25) is 17.7 Å². The smallest absolute Gasteiger partial charge is 0.305 e. The second-order valence-electron chi connectivity index (χ2n) is 10.8. The summed E-state index contributed by atoms with van der Waals surface area (Å²) < 4.78 is 0. The zero-order valence-electron chi connectivity index (χ0n) is 20.6. The van der Waals surface area contributed by atoms with Crippen molar-refractivity contribution in [3.63, 3.8) is 0 Å². The zero-order chi connectivity index (χ0) is 27.2. The zero-order valence-corrected chi connectivity index (χ0v) is 23.8. The molecule has 0 radical (unpaired) electrons. The first-order chi connectivity index (χ1) is 18.7. The Bertz CT molecular complexity index is 1620. The van der Waals surface area contributed by atoms with Crippen molar-refractivity contribution < 1.29 is 14.4 Å². The van der Waals surface area contributed by atoms with E-state index in [1.54, 1.807) is 23.9 Å². The summed E-state index contributed by atoms with van der Waals surface area (Å²) in [5.41, 5.74) is 2.46. The van der Waals surface area contributed by atoms with E-state index in [1.165, 1.54) is 11.3 Å². The summed E-state index contributed by atoms with van der Waals surface area (Å²) in [6.45, 7) is 1.63. The van der Waals surface area contributed by atoms with Gasteiger partial charge in [-0.3, -0.25) is 24.1 Å². The lowest BCUT2D eigenvalue weighted by Crippen LogP contribution is -2.42. The summed E-state index contributed by atoms with van der Waals surface area (Å²) >= 11 is 15.9. The van der Waals surface area contributed by atoms with E-state index in [9.17, 15) is 19.2 Å². The molecule has 3 fully saturated rings. The molecule has 0 spiro atoms. The van der Waals surface area contributed by atoms with Gasteiger partial charge in [0, 0.05) is 21.7 Å². The van der Waals surface area contributed by atoms with Gasteiger partial charge >= 0.3 is 4.87 Å². The number of anilines is 1. The maximum absolute atomic E-state index is 13.7. The third kappa shape index (κ3) is 3.84. The highest BCUT2D eigenvalue weighted by Crippen LogP contribution is 2.68. The predicted octanol–water partition coefficient (Wildman–Crippen LogP) is 5.16. The maximum Gasteiger partial charge on any atom is 0.305 e. The molecule has 1 saturated heterocycles. The molecule has 3 aromatic rings. The minimum absolute atomic E-state index is 0.00832. The Balaban J connectivity index is 1.21. The first-order valence-corrected chi connectivity index (χ1v) is 15.2. The second-order valence-corrected chi connectivity index (χ2v) is 13.8. The summed E-state index contributed by atoms with van der Waals surface area (Å²) in [5, 5.41) is 4.54. The maximum atomic E-state index is 13.7. The number of imide groups is 1. The number of carbonyl (C=O) groups excluding carboxylic acids is 3. The molecule has 2 N–H and O–H groups in total. The number of aryl methyl sites for hydroxylation is 1. The van der Waals surface area contributed by atoms with E-state index in [4.69, 9.17) is 23.2 Å². The molecule has 4 aliphatic rings. The lowest BCUT2D eigenvalue weighted by atomic mass is 9.68. The third-order valence-corrected chi connectivity index (χ3v) is 12.2. The first kappa shape index (κ1) is 25.4. The van der Waals surface area contributed by atoms with Crippen molar-refractivity contribution in [2.24, 2.45) is 29.6 Å². The number of fused-ring (bicyclic) bond motifs is 9. The largest absolute Gasteiger partial charge is 0.325 e. The molecule has 7 atom stereocenters. The van der Waals surface area contributed by atoms with E-state index in [0.29, 0.717) is 15.7 Å². The molecule has 1 aromatic heterocycles. The van der Waals surface area contributed by atoms with Crippen LogP contribution >= 0.6 is 46.3 Å². The molecule has 11 heteroatoms. The van der Waals surface area contributed by atoms with Crippen LogP contribution in [0.3, 0.4) is 0 Å². The number of rotatable bonds is 4. The number of likely N-dealkylation sites (tertiary alicyclic amines) is 1. The fraction of sp³-hybridized carbons (Fsp3) is 0.357. The highest BCUT2D eigenvalue weighted by atomic mass is 35.5. The van der Waals surface area contributed by atoms with Crippen LogP contribution in [0.1, 0.15) is 28.3 Å². The fourth-order valence-electron chi connectivity index (χ4n) is 7.41. The highest BCUT2D eigenvalue weighted by molar-refractivity contribution is 8.00. The Labute approximate surface area is 242 Å². The molecule has 3 heterocycles. The van der Waals surface area contributed by atoms with Crippen LogP contribution in [0.25, 0.3) is 0 Å². The molecule has 6 unspecified atom stereocenters. The lowest BCUT2D eigenvalue weighted by Gasteiger charge is -2.43. The number of nitrogens with one attached hydrogen (secondary N) is 2. The Morgan fingerprint density at radius 3 is 2.59 bits per heavy atom. The Hall–Kier alpha value is -2.59. The molecular formula is C28H23Cl2N3O4S2. The number of aromatic amines is 1. The average molecular weight is 601 g/mol. The van der Waals surface area contributed by atoms with Crippen molar-refractivity contribution in [3.8, 4) is 0 Å². The number of halogens is 2. The third-order valence-electron chi connectivity index (χ3n) is 8.74. The second kappa shape index (κ2) is 9.23. The van der Waals surface area contributed by atoms with Crippen LogP contribution in [0.4, 0.5) is 5.69 Å². The standard InChI is InChI=1S/C28H23Cl2N3O4S2/c1-11-4-2-5-12(8-11)31-17(34)10-33-26(35)20-14-9-15(21(20)27(33)36)23-19(14)18(13-6-3-7-16(29)22(13)30)24-25(38-23)32-28(37)39-24/h2-8,14-15,18-21,23H,9-10H2,1H3,(H,31,34)(H,32,37)/t14?,15?,18-,19?,20?,21?,23?/m1/s1. The molecule has 200 valence electrons. The number of aromatic nitrogens is 1. The number of carbonyl (C=O) groups is 3. The van der Waals surface area contributed by atoms with Crippen LogP contribution < -0.4 is 10.2 Å². The lowest BCUT2D eigenvalue weighted by molar-refractivity contribution is -0.143. The quantitative estimate of drug-likeness (QED) is 0.403. The molecule has 2 aromatic carbocycles. The summed E-state index contributed by atoms with van der Waals surface area (Å²) in [6, 6.07) is 12.9. The van der Waals surface area contributed by atoms with Crippen molar-refractivity contribution in [2.45, 2.75) is 29.5 Å². The van der Waals surface area contributed by atoms with Gasteiger partial charge < -0.3 is 10.3 Å². The van der Waals surface area contributed by atoms with Crippen LogP contribution in [0.5, 0.6) is 0 Å². The van der Waals surface area contributed by atoms with Gasteiger partial charge in [-0.2, -0.15) is 0 Å². The van der Waals surface area contributed by atoms with Crippen molar-refractivity contribution in [3.05, 3.63) is 78.2 Å². The van der Waals surface area contributed by atoms with Gasteiger partial charge in [-0.1, -0.05) is 58.8 Å². The van der Waals surface area contributed by atoms with E-state index in [-0.39, 0.29) is 52.2 Å². The van der Waals surface area contributed by atoms with E-state index in [2.05, 4.69) is 10.3 Å². The first-order valence-electron chi connectivity index (χ1n) is 12.8. The topological polar surface area (TPSA) is 99.3 Å². The van der Waals surface area contributed by atoms with Gasteiger partial charge in [0.25, 0.3) is 0 Å². The molecule has 39 heavy (non-hydrogen) atoms. The minimum atomic E-state index is -0.478. The van der Waals surface area contributed by atoms with E-state index in [0.717, 1.165) is 32.4 Å². The molecule has 2 saturated carbocycles. The average Bonchev–Trinajstić information content (AvgIpc) is 3.62. The molecule has 2 aliphatic heterocycles. The van der Waals surface area contributed by atoms with Crippen LogP contribution in [-0.4, -0.2) is 39.4 Å². The summed E-state index contributed by atoms with van der Waals surface area (Å²) in [7, 11) is 0. The van der Waals surface area contributed by atoms with Crippen molar-refractivity contribution >= 4 is 69.7 Å². The molecular weight excluding hydrogens is 577 g/mol. The number of nitrogens with zero attached hydrogens (tertiary/aromatic N) is 1. The van der Waals surface area contributed by atoms with Crippen LogP contribution in [0.2, 0.25) is 10.0 Å². The van der Waals surface area contributed by atoms with Gasteiger partial charge in [0.15, 0.2) is 0 Å². The summed E-state index contributed by atoms with van der Waals surface area (Å²) in [5.74, 6) is -2.17. The minimum Gasteiger partial charge on any atom is -0.325 e. The molecule has 3 amide bonds. The van der Waals surface area contributed by atoms with E-state index in [1.807, 2.05) is 37.3 Å². The van der Waals surface area contributed by atoms with Crippen LogP contribution in [0, 0.1) is 36.5 Å². The molecule has 7 rings (SSSR count). The predicted molar refractivity (Wildman–Crippen MR) is 151 cm³/mol. The Morgan fingerprint density at radius 1 is 1.08 bits per heavy atom. The van der Waals surface area contributed by atoms with Crippen LogP contribution in [0.15, 0.2) is 52.3 Å². The number of thiazole rings is 1. The Morgan fingerprint density at radius 2 is 1.82 bits per heavy atom. The Kier molecular flexibility index (Phi) is 6.01. The monoisotopic (exact) mass is 599 g/mol. The number of benzene rings is 2. The molecule has 7 nitrogen and oxygen atoms in total. The van der Waals surface area contributed by atoms with Crippen molar-refractivity contribution in [1.82, 2.24) is 9.88 Å². The number of amides is 3. The number of thioether (sulfide) groups is 1. The summed E-state index contributed by atoms with van der Waals surface area (Å²) in [4.78, 5) is 57.5. The number of hydrogen-bond acceptors (Lipinski definition) is 6. The highest BCUT2D eigenvalue weighted by Gasteiger charge is 2.69. The van der Waals surface area contributed by atoms with E-state index >= 15 is 0 Å². The van der Waals surface area contributed by atoms with Gasteiger partial charge in [-0.15, -0.1) is 11.8 Å². The molecule has 2 bridgehead atoms. The molecule has 2 aliphatic carbocycles.